The highest BCUT2D eigenvalue weighted by molar-refractivity contribution is 7.16. The van der Waals surface area contributed by atoms with Gasteiger partial charge in [0.2, 0.25) is 4.96 Å². The molecular weight excluding hydrogens is 358 g/mol. The Morgan fingerprint density at radius 3 is 2.84 bits per heavy atom. The normalized spacial score (nSPS) is 12.6. The van der Waals surface area contributed by atoms with Crippen LogP contribution in [0.1, 0.15) is 23.6 Å². The van der Waals surface area contributed by atoms with Crippen LogP contribution >= 0.6 is 22.9 Å². The Kier molecular flexibility index (Phi) is 3.94. The number of nitrogens with zero attached hydrogens (tertiary/aromatic N) is 3. The van der Waals surface area contributed by atoms with Crippen LogP contribution in [-0.2, 0) is 0 Å². The van der Waals surface area contributed by atoms with Crippen molar-refractivity contribution in [2.45, 2.75) is 20.0 Å². The summed E-state index contributed by atoms with van der Waals surface area (Å²) in [5.74, 6) is 0.708. The van der Waals surface area contributed by atoms with Gasteiger partial charge < -0.3 is 4.74 Å². The molecule has 25 heavy (non-hydrogen) atoms. The number of rotatable bonds is 3. The van der Waals surface area contributed by atoms with E-state index in [0.717, 1.165) is 5.56 Å². The topological polar surface area (TPSA) is 56.5 Å². The maximum atomic E-state index is 12.6. The highest BCUT2D eigenvalue weighted by Gasteiger charge is 2.17. The number of hydrogen-bond acceptors (Lipinski definition) is 5. The molecule has 0 N–H and O–H groups in total. The minimum absolute atomic E-state index is 0.169. The van der Waals surface area contributed by atoms with Gasteiger partial charge in [0.05, 0.1) is 10.9 Å². The summed E-state index contributed by atoms with van der Waals surface area (Å²) in [4.78, 5) is 17.7. The molecular formula is C18H14ClN3O2S. The lowest BCUT2D eigenvalue weighted by molar-refractivity contribution is 0.225. The molecule has 0 aliphatic carbocycles. The highest BCUT2D eigenvalue weighted by atomic mass is 35.5. The Morgan fingerprint density at radius 1 is 1.24 bits per heavy atom. The zero-order valence-corrected chi connectivity index (χ0v) is 15.1. The van der Waals surface area contributed by atoms with Crippen LogP contribution in [0.2, 0.25) is 5.02 Å². The van der Waals surface area contributed by atoms with E-state index in [2.05, 4.69) is 10.1 Å². The molecule has 0 fully saturated rings. The van der Waals surface area contributed by atoms with Gasteiger partial charge in [0.1, 0.15) is 11.9 Å². The summed E-state index contributed by atoms with van der Waals surface area (Å²) >= 11 is 7.39. The molecule has 0 unspecified atom stereocenters. The second-order valence-electron chi connectivity index (χ2n) is 5.74. The summed E-state index contributed by atoms with van der Waals surface area (Å²) in [5.41, 5.74) is 1.45. The van der Waals surface area contributed by atoms with Crippen LogP contribution in [0, 0.1) is 6.92 Å². The number of fused-ring (bicyclic) bond motifs is 2. The molecule has 0 saturated heterocycles. The zero-order chi connectivity index (χ0) is 17.6. The van der Waals surface area contributed by atoms with E-state index < -0.39 is 0 Å². The average Bonchev–Trinajstić information content (AvgIpc) is 3.03. The maximum absolute atomic E-state index is 12.6. The first-order valence-electron chi connectivity index (χ1n) is 7.74. The van der Waals surface area contributed by atoms with Crippen LogP contribution in [0.15, 0.2) is 47.3 Å². The van der Waals surface area contributed by atoms with Crippen molar-refractivity contribution in [1.29, 1.82) is 0 Å². The fraction of sp³-hybridized carbons (Fsp3) is 0.167. The SMILES string of the molecule is Cc1cc(O[C@H](C)c2nn3c(=O)c4ccccc4nc3s2)ccc1Cl. The first-order chi connectivity index (χ1) is 12.0. The number of halogens is 1. The summed E-state index contributed by atoms with van der Waals surface area (Å²) in [6.45, 7) is 3.82. The third kappa shape index (κ3) is 2.88. The fourth-order valence-corrected chi connectivity index (χ4v) is 3.57. The van der Waals surface area contributed by atoms with Crippen LogP contribution in [0.25, 0.3) is 15.9 Å². The van der Waals surface area contributed by atoms with Crippen LogP contribution in [-0.4, -0.2) is 14.6 Å². The molecule has 0 bridgehead atoms. The molecule has 0 saturated carbocycles. The Labute approximate surface area is 152 Å². The van der Waals surface area contributed by atoms with Crippen molar-refractivity contribution in [1.82, 2.24) is 14.6 Å². The number of ether oxygens (including phenoxy) is 1. The number of hydrogen-bond donors (Lipinski definition) is 0. The standard InChI is InChI=1S/C18H14ClN3O2S/c1-10-9-12(7-8-14(10)19)24-11(2)16-21-22-17(23)13-5-3-4-6-15(13)20-18(22)25-16/h3-9,11H,1-2H3/t11-/m1/s1. The molecule has 7 heteroatoms. The molecule has 0 radical (unpaired) electrons. The molecule has 0 spiro atoms. The Balaban J connectivity index is 1.73. The molecule has 0 aliphatic heterocycles. The van der Waals surface area contributed by atoms with Gasteiger partial charge in [0.25, 0.3) is 5.56 Å². The zero-order valence-electron chi connectivity index (χ0n) is 13.6. The van der Waals surface area contributed by atoms with Crippen molar-refractivity contribution in [3.63, 3.8) is 0 Å². The lowest BCUT2D eigenvalue weighted by atomic mass is 10.2. The predicted molar refractivity (Wildman–Crippen MR) is 99.9 cm³/mol. The smallest absolute Gasteiger partial charge is 0.283 e. The Morgan fingerprint density at radius 2 is 2.04 bits per heavy atom. The first kappa shape index (κ1) is 16.1. The summed E-state index contributed by atoms with van der Waals surface area (Å²) in [6.07, 6.45) is -0.310. The van der Waals surface area contributed by atoms with Crippen molar-refractivity contribution in [3.05, 3.63) is 68.4 Å². The number of para-hydroxylation sites is 1. The van der Waals surface area contributed by atoms with Crippen molar-refractivity contribution in [2.75, 3.05) is 0 Å². The van der Waals surface area contributed by atoms with Crippen LogP contribution < -0.4 is 10.3 Å². The lowest BCUT2D eigenvalue weighted by Crippen LogP contribution is -2.15. The second-order valence-corrected chi connectivity index (χ2v) is 7.13. The predicted octanol–water partition coefficient (Wildman–Crippen LogP) is 4.41. The lowest BCUT2D eigenvalue weighted by Gasteiger charge is -2.12. The van der Waals surface area contributed by atoms with E-state index in [-0.39, 0.29) is 11.7 Å². The van der Waals surface area contributed by atoms with Crippen molar-refractivity contribution < 1.29 is 4.74 Å². The van der Waals surface area contributed by atoms with E-state index in [1.807, 2.05) is 44.2 Å². The summed E-state index contributed by atoms with van der Waals surface area (Å²) in [6, 6.07) is 12.8. The third-order valence-electron chi connectivity index (χ3n) is 3.91. The minimum Gasteiger partial charge on any atom is -0.483 e. The van der Waals surface area contributed by atoms with Gasteiger partial charge in [-0.2, -0.15) is 9.61 Å². The van der Waals surface area contributed by atoms with Gasteiger partial charge in [0, 0.05) is 5.02 Å². The van der Waals surface area contributed by atoms with E-state index in [0.29, 0.717) is 31.6 Å². The number of aryl methyl sites for hydroxylation is 1. The van der Waals surface area contributed by atoms with Crippen molar-refractivity contribution in [2.24, 2.45) is 0 Å². The van der Waals surface area contributed by atoms with Gasteiger partial charge in [0.15, 0.2) is 5.01 Å². The van der Waals surface area contributed by atoms with E-state index in [4.69, 9.17) is 16.3 Å². The van der Waals surface area contributed by atoms with Crippen LogP contribution in [0.3, 0.4) is 0 Å². The number of benzene rings is 2. The van der Waals surface area contributed by atoms with Crippen LogP contribution in [0.5, 0.6) is 5.75 Å². The van der Waals surface area contributed by atoms with Gasteiger partial charge in [-0.3, -0.25) is 4.79 Å². The van der Waals surface area contributed by atoms with Crippen molar-refractivity contribution in [3.8, 4) is 5.75 Å². The summed E-state index contributed by atoms with van der Waals surface area (Å²) in [5, 5.41) is 6.35. The molecule has 126 valence electrons. The van der Waals surface area contributed by atoms with E-state index in [1.54, 1.807) is 12.1 Å². The molecule has 2 heterocycles. The van der Waals surface area contributed by atoms with Gasteiger partial charge in [-0.15, -0.1) is 0 Å². The molecule has 4 aromatic rings. The Hall–Kier alpha value is -2.44. The second kappa shape index (κ2) is 6.13. The maximum Gasteiger partial charge on any atom is 0.283 e. The van der Waals surface area contributed by atoms with E-state index in [9.17, 15) is 4.79 Å². The van der Waals surface area contributed by atoms with Crippen LogP contribution in [0.4, 0.5) is 0 Å². The molecule has 4 rings (SSSR count). The number of aromatic nitrogens is 3. The first-order valence-corrected chi connectivity index (χ1v) is 8.94. The monoisotopic (exact) mass is 371 g/mol. The van der Waals surface area contributed by atoms with Gasteiger partial charge in [-0.05, 0) is 49.7 Å². The summed E-state index contributed by atoms with van der Waals surface area (Å²) in [7, 11) is 0. The third-order valence-corrected chi connectivity index (χ3v) is 5.40. The van der Waals surface area contributed by atoms with E-state index in [1.165, 1.54) is 15.9 Å². The molecule has 0 amide bonds. The van der Waals surface area contributed by atoms with Crippen molar-refractivity contribution >= 4 is 38.8 Å². The summed E-state index contributed by atoms with van der Waals surface area (Å²) < 4.78 is 7.29. The minimum atomic E-state index is -0.310. The molecule has 2 aromatic carbocycles. The highest BCUT2D eigenvalue weighted by Crippen LogP contribution is 2.27. The molecule has 0 aliphatic rings. The fourth-order valence-electron chi connectivity index (χ4n) is 2.58. The van der Waals surface area contributed by atoms with Gasteiger partial charge >= 0.3 is 0 Å². The average molecular weight is 372 g/mol. The molecule has 2 aromatic heterocycles. The molecule has 5 nitrogen and oxygen atoms in total. The Bertz CT molecular complexity index is 1150. The largest absolute Gasteiger partial charge is 0.483 e. The van der Waals surface area contributed by atoms with E-state index >= 15 is 0 Å². The van der Waals surface area contributed by atoms with Gasteiger partial charge in [-0.1, -0.05) is 35.1 Å². The quantitative estimate of drug-likeness (QED) is 0.535. The van der Waals surface area contributed by atoms with Gasteiger partial charge in [-0.25, -0.2) is 4.98 Å². The molecule has 1 atom stereocenters.